The number of hydrogen-bond donors (Lipinski definition) is 0. The van der Waals surface area contributed by atoms with Crippen molar-refractivity contribution in [2.24, 2.45) is 5.92 Å². The molecule has 0 aliphatic heterocycles. The smallest absolute Gasteiger partial charge is 0.416 e. The summed E-state index contributed by atoms with van der Waals surface area (Å²) in [5.74, 6) is 1.09. The number of alkyl halides is 3. The number of rotatable bonds is 10. The van der Waals surface area contributed by atoms with Gasteiger partial charge in [-0.15, -0.1) is 0 Å². The lowest BCUT2D eigenvalue weighted by Crippen LogP contribution is -2.52. The van der Waals surface area contributed by atoms with Gasteiger partial charge in [0.25, 0.3) is 0 Å². The molecule has 0 saturated carbocycles. The van der Waals surface area contributed by atoms with Crippen LogP contribution in [-0.2, 0) is 18.0 Å². The molecule has 2 aromatic rings. The zero-order valence-electron chi connectivity index (χ0n) is 20.2. The van der Waals surface area contributed by atoms with Crippen molar-refractivity contribution in [3.05, 3.63) is 59.2 Å². The Morgan fingerprint density at radius 3 is 2.15 bits per heavy atom. The lowest BCUT2D eigenvalue weighted by Gasteiger charge is -2.43. The fraction of sp³-hybridized carbons (Fsp3) is 0.500. The second-order valence-corrected chi connectivity index (χ2v) is 8.56. The van der Waals surface area contributed by atoms with E-state index in [4.69, 9.17) is 9.47 Å². The van der Waals surface area contributed by atoms with E-state index in [2.05, 4.69) is 11.0 Å². The number of likely N-dealkylation sites (N-methyl/N-ethyl adjacent to an activating group) is 1. The molecule has 33 heavy (non-hydrogen) atoms. The van der Waals surface area contributed by atoms with Gasteiger partial charge in [-0.05, 0) is 55.1 Å². The number of nitriles is 1. The fourth-order valence-corrected chi connectivity index (χ4v) is 4.61. The van der Waals surface area contributed by atoms with Crippen LogP contribution in [0, 0.1) is 17.2 Å². The third-order valence-electron chi connectivity index (χ3n) is 6.41. The van der Waals surface area contributed by atoms with Crippen LogP contribution in [0.2, 0.25) is 0 Å². The van der Waals surface area contributed by atoms with Crippen molar-refractivity contribution in [2.75, 3.05) is 27.8 Å². The van der Waals surface area contributed by atoms with Crippen molar-refractivity contribution in [1.29, 1.82) is 5.26 Å². The lowest BCUT2D eigenvalue weighted by molar-refractivity contribution is -0.137. The highest BCUT2D eigenvalue weighted by Crippen LogP contribution is 2.41. The molecular formula is C26H33F3N2O2. The summed E-state index contributed by atoms with van der Waals surface area (Å²) in [6, 6.07) is 13.1. The summed E-state index contributed by atoms with van der Waals surface area (Å²) in [6.07, 6.45) is -3.16. The van der Waals surface area contributed by atoms with Crippen molar-refractivity contribution in [2.45, 2.75) is 51.2 Å². The van der Waals surface area contributed by atoms with Crippen LogP contribution in [0.1, 0.15) is 43.9 Å². The van der Waals surface area contributed by atoms with E-state index in [1.165, 1.54) is 6.07 Å². The van der Waals surface area contributed by atoms with Gasteiger partial charge >= 0.3 is 6.18 Å². The van der Waals surface area contributed by atoms with Gasteiger partial charge in [-0.25, -0.2) is 0 Å². The average molecular weight is 463 g/mol. The third-order valence-corrected chi connectivity index (χ3v) is 6.41. The molecule has 2 atom stereocenters. The molecule has 0 aliphatic carbocycles. The third kappa shape index (κ3) is 5.62. The monoisotopic (exact) mass is 462 g/mol. The second kappa shape index (κ2) is 10.9. The van der Waals surface area contributed by atoms with Gasteiger partial charge in [0.15, 0.2) is 11.5 Å². The topological polar surface area (TPSA) is 45.5 Å². The number of ether oxygens (including phenoxy) is 2. The van der Waals surface area contributed by atoms with E-state index in [0.717, 1.165) is 17.7 Å². The Morgan fingerprint density at radius 2 is 1.64 bits per heavy atom. The van der Waals surface area contributed by atoms with Gasteiger partial charge in [-0.2, -0.15) is 18.4 Å². The molecule has 0 bridgehead atoms. The van der Waals surface area contributed by atoms with Crippen molar-refractivity contribution < 1.29 is 22.6 Å². The SMILES string of the molecule is CCC(N(C)CCc1ccc(OC)c(OC)c1)C(C#N)(c1cccc(C(F)(F)F)c1)C(C)C. The number of methoxy groups -OCH3 is 2. The maximum absolute atomic E-state index is 13.4. The molecule has 0 heterocycles. The Kier molecular flexibility index (Phi) is 8.79. The zero-order valence-corrected chi connectivity index (χ0v) is 20.2. The molecule has 4 nitrogen and oxygen atoms in total. The first-order valence-corrected chi connectivity index (χ1v) is 11.0. The summed E-state index contributed by atoms with van der Waals surface area (Å²) in [5.41, 5.74) is -0.384. The Morgan fingerprint density at radius 1 is 1.00 bits per heavy atom. The molecule has 2 unspecified atom stereocenters. The van der Waals surface area contributed by atoms with Crippen LogP contribution in [0.3, 0.4) is 0 Å². The Balaban J connectivity index is 2.38. The summed E-state index contributed by atoms with van der Waals surface area (Å²) in [4.78, 5) is 2.08. The molecule has 180 valence electrons. The van der Waals surface area contributed by atoms with Gasteiger partial charge in [0, 0.05) is 12.6 Å². The number of benzene rings is 2. The van der Waals surface area contributed by atoms with E-state index in [9.17, 15) is 18.4 Å². The first-order chi connectivity index (χ1) is 15.5. The standard InChI is InChI=1S/C26H33F3N2O2/c1-7-24(31(4)14-13-19-11-12-22(32-5)23(15-19)33-6)25(17-30,18(2)3)20-9-8-10-21(16-20)26(27,28)29/h8-12,15-16,18,24H,7,13-14H2,1-6H3. The molecule has 2 aromatic carbocycles. The molecule has 0 amide bonds. The summed E-state index contributed by atoms with van der Waals surface area (Å²) in [6.45, 7) is 6.39. The van der Waals surface area contributed by atoms with Crippen molar-refractivity contribution in [1.82, 2.24) is 4.90 Å². The maximum Gasteiger partial charge on any atom is 0.416 e. The van der Waals surface area contributed by atoms with Crippen molar-refractivity contribution >= 4 is 0 Å². The predicted octanol–water partition coefficient (Wildman–Crippen LogP) is 6.09. The molecular weight excluding hydrogens is 429 g/mol. The van der Waals surface area contributed by atoms with Crippen LogP contribution in [0.25, 0.3) is 0 Å². The van der Waals surface area contributed by atoms with Gasteiger partial charge < -0.3 is 14.4 Å². The summed E-state index contributed by atoms with van der Waals surface area (Å²) < 4.78 is 50.9. The Labute approximate surface area is 194 Å². The molecule has 0 aromatic heterocycles. The molecule has 0 radical (unpaired) electrons. The van der Waals surface area contributed by atoms with Gasteiger partial charge in [0.2, 0.25) is 0 Å². The maximum atomic E-state index is 13.4. The zero-order chi connectivity index (χ0) is 24.8. The highest BCUT2D eigenvalue weighted by Gasteiger charge is 2.45. The quantitative estimate of drug-likeness (QED) is 0.428. The van der Waals surface area contributed by atoms with Crippen molar-refractivity contribution in [3.8, 4) is 17.6 Å². The van der Waals surface area contributed by atoms with E-state index >= 15 is 0 Å². The summed E-state index contributed by atoms with van der Waals surface area (Å²) in [7, 11) is 5.09. The van der Waals surface area contributed by atoms with Crippen LogP contribution in [-0.4, -0.2) is 38.8 Å². The first kappa shape index (κ1) is 26.5. The lowest BCUT2D eigenvalue weighted by atomic mass is 9.66. The second-order valence-electron chi connectivity index (χ2n) is 8.56. The van der Waals surface area contributed by atoms with Gasteiger partial charge in [-0.1, -0.05) is 45.0 Å². The first-order valence-electron chi connectivity index (χ1n) is 11.0. The number of halogens is 3. The van der Waals surface area contributed by atoms with Crippen LogP contribution >= 0.6 is 0 Å². The predicted molar refractivity (Wildman–Crippen MR) is 124 cm³/mol. The van der Waals surface area contributed by atoms with E-state index in [1.54, 1.807) is 20.3 Å². The molecule has 0 spiro atoms. The Hall–Kier alpha value is -2.72. The van der Waals surface area contributed by atoms with E-state index < -0.39 is 17.2 Å². The molecule has 0 saturated heterocycles. The number of nitrogens with zero attached hydrogens (tertiary/aromatic N) is 2. The van der Waals surface area contributed by atoms with Gasteiger partial charge in [0.05, 0.1) is 31.3 Å². The van der Waals surface area contributed by atoms with E-state index in [-0.39, 0.29) is 12.0 Å². The van der Waals surface area contributed by atoms with Gasteiger partial charge in [-0.3, -0.25) is 0 Å². The molecule has 7 heteroatoms. The average Bonchev–Trinajstić information content (AvgIpc) is 2.79. The minimum atomic E-state index is -4.46. The number of hydrogen-bond acceptors (Lipinski definition) is 4. The molecule has 2 rings (SSSR count). The van der Waals surface area contributed by atoms with E-state index in [1.807, 2.05) is 46.0 Å². The van der Waals surface area contributed by atoms with Gasteiger partial charge in [0.1, 0.15) is 0 Å². The molecule has 0 fully saturated rings. The minimum absolute atomic E-state index is 0.195. The van der Waals surface area contributed by atoms with Crippen LogP contribution < -0.4 is 9.47 Å². The van der Waals surface area contributed by atoms with E-state index in [0.29, 0.717) is 36.4 Å². The Bertz CT molecular complexity index is 969. The molecule has 0 N–H and O–H groups in total. The highest BCUT2D eigenvalue weighted by molar-refractivity contribution is 5.43. The fourth-order valence-electron chi connectivity index (χ4n) is 4.61. The molecule has 0 aliphatic rings. The largest absolute Gasteiger partial charge is 0.493 e. The van der Waals surface area contributed by atoms with Crippen LogP contribution in [0.15, 0.2) is 42.5 Å². The van der Waals surface area contributed by atoms with Crippen molar-refractivity contribution in [3.63, 3.8) is 0 Å². The highest BCUT2D eigenvalue weighted by atomic mass is 19.4. The van der Waals surface area contributed by atoms with Crippen LogP contribution in [0.4, 0.5) is 13.2 Å². The summed E-state index contributed by atoms with van der Waals surface area (Å²) >= 11 is 0. The summed E-state index contributed by atoms with van der Waals surface area (Å²) in [5, 5.41) is 10.4. The minimum Gasteiger partial charge on any atom is -0.493 e. The normalized spacial score (nSPS) is 14.6. The van der Waals surface area contributed by atoms with Crippen LogP contribution in [0.5, 0.6) is 11.5 Å².